The fourth-order valence-electron chi connectivity index (χ4n) is 4.38. The molecule has 0 aromatic heterocycles. The zero-order valence-electron chi connectivity index (χ0n) is 15.1. The Morgan fingerprint density at radius 2 is 1.86 bits per heavy atom. The normalized spacial score (nSPS) is 35.0. The quantitative estimate of drug-likeness (QED) is 0.856. The third-order valence-electron chi connectivity index (χ3n) is 5.33. The summed E-state index contributed by atoms with van der Waals surface area (Å²) in [5.74, 6) is 0.548. The van der Waals surface area contributed by atoms with Gasteiger partial charge in [0.1, 0.15) is 0 Å². The van der Waals surface area contributed by atoms with Crippen molar-refractivity contribution in [3.05, 3.63) is 0 Å². The number of nitrogens with one attached hydrogen (secondary N) is 1. The number of likely N-dealkylation sites (N-methyl/N-ethyl adjacent to an activating group) is 3. The third-order valence-corrected chi connectivity index (χ3v) is 5.33. The van der Waals surface area contributed by atoms with Crippen LogP contribution in [-0.2, 0) is 4.74 Å². The first kappa shape index (κ1) is 17.2. The predicted molar refractivity (Wildman–Crippen MR) is 88.7 cm³/mol. The maximum absolute atomic E-state index is 6.36. The van der Waals surface area contributed by atoms with Crippen molar-refractivity contribution in [1.82, 2.24) is 15.1 Å². The zero-order valence-corrected chi connectivity index (χ0v) is 15.1. The van der Waals surface area contributed by atoms with Crippen LogP contribution in [0.3, 0.4) is 0 Å². The predicted octanol–water partition coefficient (Wildman–Crippen LogP) is 1.80. The van der Waals surface area contributed by atoms with Gasteiger partial charge in [-0.1, -0.05) is 6.92 Å². The molecule has 1 N–H and O–H groups in total. The van der Waals surface area contributed by atoms with Gasteiger partial charge in [0.15, 0.2) is 0 Å². The van der Waals surface area contributed by atoms with Crippen molar-refractivity contribution in [2.45, 2.75) is 64.3 Å². The van der Waals surface area contributed by atoms with E-state index in [9.17, 15) is 0 Å². The first-order valence-electron chi connectivity index (χ1n) is 8.48. The summed E-state index contributed by atoms with van der Waals surface area (Å²) in [4.78, 5) is 5.00. The average molecular weight is 297 g/mol. The van der Waals surface area contributed by atoms with Crippen molar-refractivity contribution in [1.29, 1.82) is 0 Å². The molecule has 2 saturated heterocycles. The number of piperazine rings is 1. The molecule has 0 aromatic carbocycles. The third kappa shape index (κ3) is 3.79. The summed E-state index contributed by atoms with van der Waals surface area (Å²) >= 11 is 0. The molecule has 0 radical (unpaired) electrons. The Hall–Kier alpha value is -0.160. The molecule has 2 fully saturated rings. The highest BCUT2D eigenvalue weighted by atomic mass is 16.5. The van der Waals surface area contributed by atoms with Crippen molar-refractivity contribution in [2.75, 3.05) is 40.3 Å². The van der Waals surface area contributed by atoms with Gasteiger partial charge in [-0.25, -0.2) is 0 Å². The highest BCUT2D eigenvalue weighted by Gasteiger charge is 2.51. The van der Waals surface area contributed by atoms with Crippen LogP contribution in [-0.4, -0.2) is 73.4 Å². The molecule has 4 heteroatoms. The number of nitrogens with zero attached hydrogens (tertiary/aromatic N) is 2. The second-order valence-electron chi connectivity index (χ2n) is 8.17. The van der Waals surface area contributed by atoms with E-state index in [4.69, 9.17) is 4.74 Å². The molecule has 124 valence electrons. The van der Waals surface area contributed by atoms with E-state index in [1.54, 1.807) is 0 Å². The lowest BCUT2D eigenvalue weighted by atomic mass is 9.78. The largest absolute Gasteiger partial charge is 0.369 e. The number of ether oxygens (including phenoxy) is 1. The summed E-state index contributed by atoms with van der Waals surface area (Å²) < 4.78 is 6.36. The maximum atomic E-state index is 6.36. The lowest BCUT2D eigenvalue weighted by Gasteiger charge is -2.46. The van der Waals surface area contributed by atoms with Crippen LogP contribution in [0.5, 0.6) is 0 Å². The van der Waals surface area contributed by atoms with E-state index in [-0.39, 0.29) is 11.2 Å². The molecule has 2 aliphatic rings. The van der Waals surface area contributed by atoms with E-state index in [1.165, 1.54) is 6.54 Å². The second-order valence-corrected chi connectivity index (χ2v) is 8.17. The van der Waals surface area contributed by atoms with E-state index in [2.05, 4.69) is 63.8 Å². The van der Waals surface area contributed by atoms with Crippen molar-refractivity contribution < 1.29 is 4.74 Å². The van der Waals surface area contributed by atoms with Crippen LogP contribution in [0.1, 0.15) is 41.0 Å². The molecular weight excluding hydrogens is 262 g/mol. The number of hydrogen-bond acceptors (Lipinski definition) is 4. The van der Waals surface area contributed by atoms with E-state index < -0.39 is 0 Å². The molecule has 2 aliphatic heterocycles. The smallest absolute Gasteiger partial charge is 0.0678 e. The minimum Gasteiger partial charge on any atom is -0.369 e. The summed E-state index contributed by atoms with van der Waals surface area (Å²) in [5.41, 5.74) is -0.0752. The number of hydrogen-bond donors (Lipinski definition) is 1. The molecule has 2 rings (SSSR count). The lowest BCUT2D eigenvalue weighted by Crippen LogP contribution is -2.62. The Balaban J connectivity index is 2.22. The first-order valence-corrected chi connectivity index (χ1v) is 8.48. The van der Waals surface area contributed by atoms with E-state index >= 15 is 0 Å². The maximum Gasteiger partial charge on any atom is 0.0678 e. The Morgan fingerprint density at radius 3 is 2.38 bits per heavy atom. The standard InChI is InChI=1S/C17H35N3O/c1-8-18-15(14-12-19(6)9-10-20(14)7)13-11-16(2,3)21-17(13,4)5/h13-15,18H,8-12H2,1-7H3. The SMILES string of the molecule is CCNC(C1CN(C)CCN1C)C1CC(C)(C)OC1(C)C. The average Bonchev–Trinajstić information content (AvgIpc) is 2.57. The van der Waals surface area contributed by atoms with Gasteiger partial charge in [-0.2, -0.15) is 0 Å². The lowest BCUT2D eigenvalue weighted by molar-refractivity contribution is -0.0817. The van der Waals surface area contributed by atoms with Crippen LogP contribution in [0.4, 0.5) is 0 Å². The molecule has 0 bridgehead atoms. The molecule has 3 atom stereocenters. The molecule has 2 heterocycles. The molecular formula is C17H35N3O. The van der Waals surface area contributed by atoms with Gasteiger partial charge >= 0.3 is 0 Å². The first-order chi connectivity index (χ1) is 9.66. The van der Waals surface area contributed by atoms with E-state index in [1.807, 2.05) is 0 Å². The molecule has 0 saturated carbocycles. The fourth-order valence-corrected chi connectivity index (χ4v) is 4.38. The molecule has 0 spiro atoms. The zero-order chi connectivity index (χ0) is 15.8. The molecule has 3 unspecified atom stereocenters. The minimum atomic E-state index is -0.0623. The highest BCUT2D eigenvalue weighted by molar-refractivity contribution is 5.04. The molecule has 0 aliphatic carbocycles. The van der Waals surface area contributed by atoms with Crippen molar-refractivity contribution in [2.24, 2.45) is 5.92 Å². The Labute approximate surface area is 131 Å². The van der Waals surface area contributed by atoms with E-state index in [0.717, 1.165) is 26.1 Å². The molecule has 21 heavy (non-hydrogen) atoms. The van der Waals surface area contributed by atoms with Gasteiger partial charge in [0.2, 0.25) is 0 Å². The van der Waals surface area contributed by atoms with Gasteiger partial charge in [0, 0.05) is 37.6 Å². The van der Waals surface area contributed by atoms with Crippen molar-refractivity contribution in [3.8, 4) is 0 Å². The summed E-state index contributed by atoms with van der Waals surface area (Å²) in [5, 5.41) is 3.79. The van der Waals surface area contributed by atoms with Crippen LogP contribution in [0.2, 0.25) is 0 Å². The van der Waals surface area contributed by atoms with Crippen molar-refractivity contribution >= 4 is 0 Å². The van der Waals surface area contributed by atoms with Crippen LogP contribution >= 0.6 is 0 Å². The second kappa shape index (κ2) is 6.15. The topological polar surface area (TPSA) is 27.7 Å². The molecule has 4 nitrogen and oxygen atoms in total. The van der Waals surface area contributed by atoms with Gasteiger partial charge in [-0.15, -0.1) is 0 Å². The van der Waals surface area contributed by atoms with Gasteiger partial charge < -0.3 is 15.0 Å². The van der Waals surface area contributed by atoms with Gasteiger partial charge in [0.05, 0.1) is 11.2 Å². The van der Waals surface area contributed by atoms with Crippen LogP contribution < -0.4 is 5.32 Å². The molecule has 0 aromatic rings. The summed E-state index contributed by atoms with van der Waals surface area (Å²) in [6.45, 7) is 15.7. The van der Waals surface area contributed by atoms with Crippen molar-refractivity contribution in [3.63, 3.8) is 0 Å². The summed E-state index contributed by atoms with van der Waals surface area (Å²) in [6, 6.07) is 1.05. The molecule has 0 amide bonds. The summed E-state index contributed by atoms with van der Waals surface area (Å²) in [6.07, 6.45) is 1.13. The van der Waals surface area contributed by atoms with Gasteiger partial charge in [-0.05, 0) is 54.8 Å². The van der Waals surface area contributed by atoms with Gasteiger partial charge in [-0.3, -0.25) is 4.90 Å². The van der Waals surface area contributed by atoms with Gasteiger partial charge in [0.25, 0.3) is 0 Å². The highest BCUT2D eigenvalue weighted by Crippen LogP contribution is 2.44. The van der Waals surface area contributed by atoms with Crippen LogP contribution in [0.25, 0.3) is 0 Å². The van der Waals surface area contributed by atoms with E-state index in [0.29, 0.717) is 18.0 Å². The Bertz CT molecular complexity index is 356. The minimum absolute atomic E-state index is 0.0129. The Morgan fingerprint density at radius 1 is 1.19 bits per heavy atom. The monoisotopic (exact) mass is 297 g/mol. The fraction of sp³-hybridized carbons (Fsp3) is 1.00. The Kier molecular flexibility index (Phi) is 5.04. The number of rotatable bonds is 4. The van der Waals surface area contributed by atoms with Crippen LogP contribution in [0, 0.1) is 5.92 Å². The summed E-state index contributed by atoms with van der Waals surface area (Å²) in [7, 11) is 4.51. The van der Waals surface area contributed by atoms with Crippen LogP contribution in [0.15, 0.2) is 0 Å².